The molecule has 1 saturated carbocycles. The van der Waals surface area contributed by atoms with Gasteiger partial charge in [-0.25, -0.2) is 0 Å². The van der Waals surface area contributed by atoms with E-state index >= 15 is 0 Å². The van der Waals surface area contributed by atoms with E-state index in [9.17, 15) is 0 Å². The van der Waals surface area contributed by atoms with Crippen molar-refractivity contribution in [3.8, 4) is 0 Å². The summed E-state index contributed by atoms with van der Waals surface area (Å²) in [7, 11) is 0. The Kier molecular flexibility index (Phi) is 2.66. The molecule has 0 aliphatic heterocycles. The summed E-state index contributed by atoms with van der Waals surface area (Å²) in [5.74, 6) is 0. The minimum absolute atomic E-state index is 0.346. The molecular formula is C11H15ClN2. The van der Waals surface area contributed by atoms with Gasteiger partial charge in [0.05, 0.1) is 10.7 Å². The maximum absolute atomic E-state index is 6.02. The van der Waals surface area contributed by atoms with Gasteiger partial charge in [0.2, 0.25) is 0 Å². The van der Waals surface area contributed by atoms with Crippen LogP contribution in [0, 0.1) is 5.41 Å². The Morgan fingerprint density at radius 1 is 1.36 bits per heavy atom. The summed E-state index contributed by atoms with van der Waals surface area (Å²) in [5.41, 5.74) is 7.05. The molecule has 2 rings (SSSR count). The fourth-order valence-electron chi connectivity index (χ4n) is 1.52. The van der Waals surface area contributed by atoms with Gasteiger partial charge >= 0.3 is 0 Å². The fourth-order valence-corrected chi connectivity index (χ4v) is 1.72. The molecule has 0 spiro atoms. The van der Waals surface area contributed by atoms with E-state index in [-0.39, 0.29) is 0 Å². The number of para-hydroxylation sites is 1. The standard InChI is InChI=1S/C11H15ClN2/c12-9-3-1-2-4-10(9)14-8-11(7-13)5-6-11/h1-4,14H,5-8,13H2. The number of hydrogen-bond acceptors (Lipinski definition) is 2. The molecule has 14 heavy (non-hydrogen) atoms. The first-order valence-corrected chi connectivity index (χ1v) is 5.32. The molecule has 0 saturated heterocycles. The number of hydrogen-bond donors (Lipinski definition) is 2. The molecule has 0 radical (unpaired) electrons. The molecule has 3 heteroatoms. The Labute approximate surface area is 89.4 Å². The van der Waals surface area contributed by atoms with Crippen LogP contribution >= 0.6 is 11.6 Å². The molecule has 0 heterocycles. The number of anilines is 1. The lowest BCUT2D eigenvalue weighted by molar-refractivity contribution is 0.556. The molecule has 0 amide bonds. The molecule has 0 unspecified atom stereocenters. The molecule has 2 nitrogen and oxygen atoms in total. The van der Waals surface area contributed by atoms with Crippen molar-refractivity contribution in [1.29, 1.82) is 0 Å². The number of nitrogens with one attached hydrogen (secondary N) is 1. The SMILES string of the molecule is NCC1(CNc2ccccc2Cl)CC1. The van der Waals surface area contributed by atoms with Crippen molar-refractivity contribution < 1.29 is 0 Å². The second-order valence-corrected chi connectivity index (χ2v) is 4.44. The largest absolute Gasteiger partial charge is 0.383 e. The summed E-state index contributed by atoms with van der Waals surface area (Å²) in [6.45, 7) is 1.71. The van der Waals surface area contributed by atoms with Crippen molar-refractivity contribution in [3.05, 3.63) is 29.3 Å². The minimum Gasteiger partial charge on any atom is -0.383 e. The van der Waals surface area contributed by atoms with Crippen LogP contribution in [0.5, 0.6) is 0 Å². The van der Waals surface area contributed by atoms with Gasteiger partial charge in [0.15, 0.2) is 0 Å². The Bertz CT molecular complexity index is 321. The highest BCUT2D eigenvalue weighted by Gasteiger charge is 2.40. The molecular weight excluding hydrogens is 196 g/mol. The zero-order chi connectivity index (χ0) is 10.0. The third-order valence-corrected chi connectivity index (χ3v) is 3.25. The summed E-state index contributed by atoms with van der Waals surface area (Å²) in [6.07, 6.45) is 2.47. The molecule has 3 N–H and O–H groups in total. The van der Waals surface area contributed by atoms with Gasteiger partial charge < -0.3 is 11.1 Å². The zero-order valence-electron chi connectivity index (χ0n) is 8.09. The number of rotatable bonds is 4. The van der Waals surface area contributed by atoms with Crippen LogP contribution in [0.2, 0.25) is 5.02 Å². The number of nitrogens with two attached hydrogens (primary N) is 1. The lowest BCUT2D eigenvalue weighted by Crippen LogP contribution is -2.24. The van der Waals surface area contributed by atoms with E-state index in [1.807, 2.05) is 24.3 Å². The lowest BCUT2D eigenvalue weighted by atomic mass is 10.1. The maximum Gasteiger partial charge on any atom is 0.0637 e. The molecule has 76 valence electrons. The Morgan fingerprint density at radius 2 is 2.07 bits per heavy atom. The van der Waals surface area contributed by atoms with E-state index in [1.165, 1.54) is 12.8 Å². The number of halogens is 1. The van der Waals surface area contributed by atoms with E-state index in [0.717, 1.165) is 23.8 Å². The van der Waals surface area contributed by atoms with E-state index < -0.39 is 0 Å². The summed E-state index contributed by atoms with van der Waals surface area (Å²) in [6, 6.07) is 7.81. The van der Waals surface area contributed by atoms with E-state index in [4.69, 9.17) is 17.3 Å². The first-order valence-electron chi connectivity index (χ1n) is 4.94. The average molecular weight is 211 g/mol. The summed E-state index contributed by atoms with van der Waals surface area (Å²) >= 11 is 6.02. The van der Waals surface area contributed by atoms with Crippen LogP contribution in [0.15, 0.2) is 24.3 Å². The lowest BCUT2D eigenvalue weighted by Gasteiger charge is -2.15. The molecule has 1 aromatic carbocycles. The van der Waals surface area contributed by atoms with Gasteiger partial charge in [0, 0.05) is 6.54 Å². The van der Waals surface area contributed by atoms with Crippen molar-refractivity contribution in [2.24, 2.45) is 11.1 Å². The Balaban J connectivity index is 1.95. The number of benzene rings is 1. The van der Waals surface area contributed by atoms with Gasteiger partial charge in [-0.15, -0.1) is 0 Å². The third-order valence-electron chi connectivity index (χ3n) is 2.92. The highest BCUT2D eigenvalue weighted by atomic mass is 35.5. The van der Waals surface area contributed by atoms with Gasteiger partial charge in [-0.3, -0.25) is 0 Å². The smallest absolute Gasteiger partial charge is 0.0637 e. The van der Waals surface area contributed by atoms with Gasteiger partial charge in [-0.2, -0.15) is 0 Å². The van der Waals surface area contributed by atoms with Crippen LogP contribution < -0.4 is 11.1 Å². The van der Waals surface area contributed by atoms with Crippen LogP contribution in [-0.4, -0.2) is 13.1 Å². The molecule has 0 atom stereocenters. The third kappa shape index (κ3) is 2.02. The van der Waals surface area contributed by atoms with Gasteiger partial charge in [0.1, 0.15) is 0 Å². The molecule has 1 aromatic rings. The van der Waals surface area contributed by atoms with Crippen LogP contribution in [-0.2, 0) is 0 Å². The first kappa shape index (κ1) is 9.81. The fraction of sp³-hybridized carbons (Fsp3) is 0.455. The van der Waals surface area contributed by atoms with Crippen molar-refractivity contribution in [1.82, 2.24) is 0 Å². The minimum atomic E-state index is 0.346. The van der Waals surface area contributed by atoms with Crippen LogP contribution in [0.3, 0.4) is 0 Å². The molecule has 1 aliphatic carbocycles. The normalized spacial score (nSPS) is 17.9. The van der Waals surface area contributed by atoms with Gasteiger partial charge in [-0.05, 0) is 36.9 Å². The maximum atomic E-state index is 6.02. The Morgan fingerprint density at radius 3 is 2.64 bits per heavy atom. The van der Waals surface area contributed by atoms with Crippen molar-refractivity contribution >= 4 is 17.3 Å². The van der Waals surface area contributed by atoms with Crippen molar-refractivity contribution in [2.45, 2.75) is 12.8 Å². The molecule has 0 aromatic heterocycles. The van der Waals surface area contributed by atoms with Gasteiger partial charge in [0.25, 0.3) is 0 Å². The monoisotopic (exact) mass is 210 g/mol. The van der Waals surface area contributed by atoms with E-state index in [2.05, 4.69) is 5.32 Å². The quantitative estimate of drug-likeness (QED) is 0.802. The van der Waals surface area contributed by atoms with Crippen LogP contribution in [0.4, 0.5) is 5.69 Å². The van der Waals surface area contributed by atoms with E-state index in [1.54, 1.807) is 0 Å². The highest BCUT2D eigenvalue weighted by Crippen LogP contribution is 2.44. The van der Waals surface area contributed by atoms with Crippen molar-refractivity contribution in [3.63, 3.8) is 0 Å². The summed E-state index contributed by atoms with van der Waals surface area (Å²) in [4.78, 5) is 0. The molecule has 1 fully saturated rings. The average Bonchev–Trinajstić information content (AvgIpc) is 2.98. The van der Waals surface area contributed by atoms with Gasteiger partial charge in [-0.1, -0.05) is 23.7 Å². The summed E-state index contributed by atoms with van der Waals surface area (Å²) in [5, 5.41) is 4.13. The topological polar surface area (TPSA) is 38.0 Å². The van der Waals surface area contributed by atoms with Crippen LogP contribution in [0.1, 0.15) is 12.8 Å². The molecule has 0 bridgehead atoms. The zero-order valence-corrected chi connectivity index (χ0v) is 8.85. The first-order chi connectivity index (χ1) is 6.76. The molecule has 1 aliphatic rings. The second-order valence-electron chi connectivity index (χ2n) is 4.04. The van der Waals surface area contributed by atoms with Crippen molar-refractivity contribution in [2.75, 3.05) is 18.4 Å². The second kappa shape index (κ2) is 3.79. The predicted molar refractivity (Wildman–Crippen MR) is 60.7 cm³/mol. The van der Waals surface area contributed by atoms with Crippen LogP contribution in [0.25, 0.3) is 0 Å². The Hall–Kier alpha value is -0.730. The van der Waals surface area contributed by atoms with E-state index in [0.29, 0.717) is 5.41 Å². The summed E-state index contributed by atoms with van der Waals surface area (Å²) < 4.78 is 0. The highest BCUT2D eigenvalue weighted by molar-refractivity contribution is 6.33. The predicted octanol–water partition coefficient (Wildman–Crippen LogP) is 2.49.